The molecule has 0 saturated carbocycles. The topological polar surface area (TPSA) is 29.1 Å². The van der Waals surface area contributed by atoms with E-state index < -0.39 is 0 Å². The SMILES string of the molecule is CCC(CCC=O)NC. The maximum atomic E-state index is 9.91. The van der Waals surface area contributed by atoms with Crippen molar-refractivity contribution < 1.29 is 4.79 Å². The third kappa shape index (κ3) is 4.15. The van der Waals surface area contributed by atoms with Gasteiger partial charge < -0.3 is 10.1 Å². The summed E-state index contributed by atoms with van der Waals surface area (Å²) in [5.74, 6) is 0. The van der Waals surface area contributed by atoms with Crippen LogP contribution in [0.25, 0.3) is 0 Å². The Bertz CT molecular complexity index is 69.3. The Kier molecular flexibility index (Phi) is 5.52. The fourth-order valence-electron chi connectivity index (χ4n) is 0.822. The summed E-state index contributed by atoms with van der Waals surface area (Å²) >= 11 is 0. The van der Waals surface area contributed by atoms with Gasteiger partial charge in [-0.2, -0.15) is 0 Å². The van der Waals surface area contributed by atoms with E-state index in [2.05, 4.69) is 12.2 Å². The molecule has 2 nitrogen and oxygen atoms in total. The molecule has 0 aromatic rings. The zero-order chi connectivity index (χ0) is 7.11. The second-order valence-electron chi connectivity index (χ2n) is 2.14. The normalized spacial score (nSPS) is 13.1. The van der Waals surface area contributed by atoms with Crippen molar-refractivity contribution in [2.75, 3.05) is 7.05 Å². The Morgan fingerprint density at radius 2 is 2.33 bits per heavy atom. The molecule has 0 spiro atoms. The molecule has 0 rings (SSSR count). The van der Waals surface area contributed by atoms with E-state index >= 15 is 0 Å². The molecule has 0 saturated heterocycles. The maximum Gasteiger partial charge on any atom is 0.120 e. The van der Waals surface area contributed by atoms with Gasteiger partial charge in [-0.05, 0) is 19.9 Å². The molecule has 2 heteroatoms. The molecule has 1 unspecified atom stereocenters. The lowest BCUT2D eigenvalue weighted by Crippen LogP contribution is -2.23. The van der Waals surface area contributed by atoms with Crippen molar-refractivity contribution in [3.05, 3.63) is 0 Å². The number of hydrogen-bond donors (Lipinski definition) is 1. The lowest BCUT2D eigenvalue weighted by atomic mass is 10.1. The first-order chi connectivity index (χ1) is 4.35. The van der Waals surface area contributed by atoms with Gasteiger partial charge in [0, 0.05) is 12.5 Å². The molecule has 0 aliphatic carbocycles. The Balaban J connectivity index is 3.19. The molecular formula is C7H15NO. The first kappa shape index (κ1) is 8.63. The van der Waals surface area contributed by atoms with E-state index in [1.165, 1.54) is 0 Å². The summed E-state index contributed by atoms with van der Waals surface area (Å²) < 4.78 is 0. The summed E-state index contributed by atoms with van der Waals surface area (Å²) in [5.41, 5.74) is 0. The van der Waals surface area contributed by atoms with Crippen LogP contribution in [0.4, 0.5) is 0 Å². The third-order valence-electron chi connectivity index (χ3n) is 1.53. The number of aldehydes is 1. The quantitative estimate of drug-likeness (QED) is 0.560. The maximum absolute atomic E-state index is 9.91. The molecule has 0 aromatic heterocycles. The minimum atomic E-state index is 0.523. The van der Waals surface area contributed by atoms with Crippen LogP contribution in [0.3, 0.4) is 0 Å². The predicted octanol–water partition coefficient (Wildman–Crippen LogP) is 0.964. The van der Waals surface area contributed by atoms with E-state index in [9.17, 15) is 4.79 Å². The van der Waals surface area contributed by atoms with Gasteiger partial charge in [0.15, 0.2) is 0 Å². The van der Waals surface area contributed by atoms with E-state index in [1.807, 2.05) is 7.05 Å². The van der Waals surface area contributed by atoms with Crippen molar-refractivity contribution in [3.8, 4) is 0 Å². The number of rotatable bonds is 5. The summed E-state index contributed by atoms with van der Waals surface area (Å²) in [7, 11) is 1.93. The van der Waals surface area contributed by atoms with Crippen molar-refractivity contribution in [1.82, 2.24) is 5.32 Å². The molecule has 9 heavy (non-hydrogen) atoms. The molecular weight excluding hydrogens is 114 g/mol. The van der Waals surface area contributed by atoms with E-state index in [0.717, 1.165) is 19.1 Å². The zero-order valence-electron chi connectivity index (χ0n) is 6.18. The standard InChI is InChI=1S/C7H15NO/c1-3-7(8-2)5-4-6-9/h6-8H,3-5H2,1-2H3. The molecule has 0 heterocycles. The summed E-state index contributed by atoms with van der Waals surface area (Å²) in [6, 6.07) is 0.523. The summed E-state index contributed by atoms with van der Waals surface area (Å²) in [4.78, 5) is 9.91. The molecule has 0 aliphatic heterocycles. The average molecular weight is 129 g/mol. The van der Waals surface area contributed by atoms with Crippen LogP contribution in [-0.4, -0.2) is 19.4 Å². The Hall–Kier alpha value is -0.370. The third-order valence-corrected chi connectivity index (χ3v) is 1.53. The van der Waals surface area contributed by atoms with Crippen LogP contribution in [-0.2, 0) is 4.79 Å². The summed E-state index contributed by atoms with van der Waals surface area (Å²) in [5, 5.41) is 3.13. The molecule has 1 atom stereocenters. The van der Waals surface area contributed by atoms with Gasteiger partial charge in [0.2, 0.25) is 0 Å². The van der Waals surface area contributed by atoms with Gasteiger partial charge in [0.1, 0.15) is 6.29 Å². The van der Waals surface area contributed by atoms with Gasteiger partial charge in [0.25, 0.3) is 0 Å². The molecule has 0 aliphatic rings. The van der Waals surface area contributed by atoms with Gasteiger partial charge in [-0.1, -0.05) is 6.92 Å². The van der Waals surface area contributed by atoms with Crippen molar-refractivity contribution in [2.45, 2.75) is 32.2 Å². The molecule has 0 aromatic carbocycles. The highest BCUT2D eigenvalue weighted by molar-refractivity contribution is 5.49. The first-order valence-corrected chi connectivity index (χ1v) is 3.46. The summed E-state index contributed by atoms with van der Waals surface area (Å²) in [6.45, 7) is 2.12. The van der Waals surface area contributed by atoms with Crippen LogP contribution in [0.5, 0.6) is 0 Å². The van der Waals surface area contributed by atoms with Crippen molar-refractivity contribution in [3.63, 3.8) is 0 Å². The second kappa shape index (κ2) is 5.76. The molecule has 0 radical (unpaired) electrons. The summed E-state index contributed by atoms with van der Waals surface area (Å²) in [6.07, 6.45) is 3.72. The largest absolute Gasteiger partial charge is 0.317 e. The van der Waals surface area contributed by atoms with Crippen LogP contribution in [0.2, 0.25) is 0 Å². The van der Waals surface area contributed by atoms with E-state index in [4.69, 9.17) is 0 Å². The van der Waals surface area contributed by atoms with Crippen molar-refractivity contribution in [1.29, 1.82) is 0 Å². The highest BCUT2D eigenvalue weighted by Gasteiger charge is 1.99. The monoisotopic (exact) mass is 129 g/mol. The minimum absolute atomic E-state index is 0.523. The second-order valence-corrected chi connectivity index (χ2v) is 2.14. The highest BCUT2D eigenvalue weighted by atomic mass is 16.1. The molecule has 0 fully saturated rings. The van der Waals surface area contributed by atoms with Gasteiger partial charge >= 0.3 is 0 Å². The van der Waals surface area contributed by atoms with Gasteiger partial charge in [-0.15, -0.1) is 0 Å². The fraction of sp³-hybridized carbons (Fsp3) is 0.857. The van der Waals surface area contributed by atoms with Crippen molar-refractivity contribution >= 4 is 6.29 Å². The number of hydrogen-bond acceptors (Lipinski definition) is 2. The average Bonchev–Trinajstić information content (AvgIpc) is 1.91. The van der Waals surface area contributed by atoms with E-state index in [0.29, 0.717) is 12.5 Å². The predicted molar refractivity (Wildman–Crippen MR) is 38.4 cm³/mol. The van der Waals surface area contributed by atoms with Crippen LogP contribution >= 0.6 is 0 Å². The molecule has 0 amide bonds. The highest BCUT2D eigenvalue weighted by Crippen LogP contribution is 1.97. The van der Waals surface area contributed by atoms with Crippen LogP contribution < -0.4 is 5.32 Å². The van der Waals surface area contributed by atoms with Gasteiger partial charge in [-0.3, -0.25) is 0 Å². The van der Waals surface area contributed by atoms with E-state index in [1.54, 1.807) is 0 Å². The zero-order valence-corrected chi connectivity index (χ0v) is 6.18. The number of nitrogens with one attached hydrogen (secondary N) is 1. The molecule has 54 valence electrons. The van der Waals surface area contributed by atoms with Crippen LogP contribution in [0.1, 0.15) is 26.2 Å². The Morgan fingerprint density at radius 1 is 1.67 bits per heavy atom. The van der Waals surface area contributed by atoms with E-state index in [-0.39, 0.29) is 0 Å². The van der Waals surface area contributed by atoms with Gasteiger partial charge in [-0.25, -0.2) is 0 Å². The lowest BCUT2D eigenvalue weighted by molar-refractivity contribution is -0.108. The first-order valence-electron chi connectivity index (χ1n) is 3.46. The number of carbonyl (C=O) groups excluding carboxylic acids is 1. The smallest absolute Gasteiger partial charge is 0.120 e. The minimum Gasteiger partial charge on any atom is -0.317 e. The van der Waals surface area contributed by atoms with Gasteiger partial charge in [0.05, 0.1) is 0 Å². The lowest BCUT2D eigenvalue weighted by Gasteiger charge is -2.10. The number of carbonyl (C=O) groups is 1. The van der Waals surface area contributed by atoms with Crippen LogP contribution in [0, 0.1) is 0 Å². The Labute approximate surface area is 56.6 Å². The Morgan fingerprint density at radius 3 is 2.67 bits per heavy atom. The fourth-order valence-corrected chi connectivity index (χ4v) is 0.822. The molecule has 1 N–H and O–H groups in total. The van der Waals surface area contributed by atoms with Crippen molar-refractivity contribution in [2.24, 2.45) is 0 Å². The molecule has 0 bridgehead atoms. The van der Waals surface area contributed by atoms with Crippen LogP contribution in [0.15, 0.2) is 0 Å².